The summed E-state index contributed by atoms with van der Waals surface area (Å²) in [4.78, 5) is 23.6. The van der Waals surface area contributed by atoms with Crippen LogP contribution in [-0.4, -0.2) is 38.2 Å². The van der Waals surface area contributed by atoms with Gasteiger partial charge in [-0.15, -0.1) is 24.8 Å². The zero-order chi connectivity index (χ0) is 19.9. The first-order chi connectivity index (χ1) is 12.3. The summed E-state index contributed by atoms with van der Waals surface area (Å²) < 4.78 is 10.5. The molecule has 170 valence electrons. The van der Waals surface area contributed by atoms with Crippen molar-refractivity contribution in [1.29, 1.82) is 0 Å². The van der Waals surface area contributed by atoms with Gasteiger partial charge in [0.15, 0.2) is 0 Å². The molecule has 0 aliphatic heterocycles. The monoisotopic (exact) mass is 444 g/mol. The number of rotatable bonds is 15. The highest BCUT2D eigenvalue weighted by molar-refractivity contribution is 5.85. The molecular formula is C20H42Cl2N2O4. The molecule has 0 heterocycles. The van der Waals surface area contributed by atoms with E-state index in [1.165, 1.54) is 0 Å². The van der Waals surface area contributed by atoms with Crippen LogP contribution in [0.1, 0.15) is 66.2 Å². The van der Waals surface area contributed by atoms with Crippen molar-refractivity contribution in [1.82, 2.24) is 0 Å². The van der Waals surface area contributed by atoms with Gasteiger partial charge in [-0.05, 0) is 62.4 Å². The predicted octanol–water partition coefficient (Wildman–Crippen LogP) is 3.72. The molecule has 0 unspecified atom stereocenters. The van der Waals surface area contributed by atoms with Crippen molar-refractivity contribution in [2.45, 2.75) is 66.2 Å². The highest BCUT2D eigenvalue weighted by Gasteiger charge is 2.16. The summed E-state index contributed by atoms with van der Waals surface area (Å²) >= 11 is 0. The van der Waals surface area contributed by atoms with Gasteiger partial charge in [-0.3, -0.25) is 9.59 Å². The molecule has 0 aromatic rings. The van der Waals surface area contributed by atoms with Crippen LogP contribution in [0.4, 0.5) is 0 Å². The van der Waals surface area contributed by atoms with Crippen LogP contribution in [0.2, 0.25) is 0 Å². The zero-order valence-corrected chi connectivity index (χ0v) is 19.6. The number of hydrogen-bond acceptors (Lipinski definition) is 6. The Labute approximate surface area is 183 Å². The molecular weight excluding hydrogens is 403 g/mol. The lowest BCUT2D eigenvalue weighted by Gasteiger charge is -2.16. The van der Waals surface area contributed by atoms with E-state index in [9.17, 15) is 9.59 Å². The Bertz CT molecular complexity index is 360. The Morgan fingerprint density at radius 1 is 0.714 bits per heavy atom. The molecule has 0 aromatic carbocycles. The van der Waals surface area contributed by atoms with Crippen LogP contribution in [0.5, 0.6) is 0 Å². The zero-order valence-electron chi connectivity index (χ0n) is 18.0. The van der Waals surface area contributed by atoms with Crippen molar-refractivity contribution in [2.75, 3.05) is 26.3 Å². The van der Waals surface area contributed by atoms with Crippen LogP contribution in [0.3, 0.4) is 0 Å². The summed E-state index contributed by atoms with van der Waals surface area (Å²) in [6.07, 6.45) is 3.98. The van der Waals surface area contributed by atoms with Crippen LogP contribution in [-0.2, 0) is 19.1 Å². The Kier molecular flexibility index (Phi) is 22.6. The first kappa shape index (κ1) is 32.1. The third kappa shape index (κ3) is 18.8. The van der Waals surface area contributed by atoms with Crippen molar-refractivity contribution in [3.63, 3.8) is 0 Å². The van der Waals surface area contributed by atoms with Crippen molar-refractivity contribution in [3.8, 4) is 0 Å². The molecule has 0 amide bonds. The van der Waals surface area contributed by atoms with E-state index in [1.54, 1.807) is 0 Å². The summed E-state index contributed by atoms with van der Waals surface area (Å²) in [5.74, 6) is 1.01. The average Bonchev–Trinajstić information content (AvgIpc) is 2.55. The molecule has 0 fully saturated rings. The summed E-state index contributed by atoms with van der Waals surface area (Å²) in [6, 6.07) is 0. The van der Waals surface area contributed by atoms with Crippen LogP contribution in [0, 0.1) is 23.7 Å². The van der Waals surface area contributed by atoms with Crippen molar-refractivity contribution >= 4 is 36.8 Å². The second-order valence-electron chi connectivity index (χ2n) is 8.02. The van der Waals surface area contributed by atoms with E-state index in [1.807, 2.05) is 0 Å². The molecule has 0 saturated carbocycles. The first-order valence-electron chi connectivity index (χ1n) is 9.99. The Balaban J connectivity index is -0.00000312. The highest BCUT2D eigenvalue weighted by Crippen LogP contribution is 2.16. The SMILES string of the molecule is CC(C)C[C@H](CN)CC(=O)OCCCCOC(=O)C[C@H](CN)CC(C)C.Cl.Cl. The number of halogens is 2. The number of ether oxygens (including phenoxy) is 2. The fraction of sp³-hybridized carbons (Fsp3) is 0.900. The molecule has 0 aliphatic carbocycles. The van der Waals surface area contributed by atoms with Gasteiger partial charge in [-0.1, -0.05) is 27.7 Å². The van der Waals surface area contributed by atoms with E-state index in [-0.39, 0.29) is 48.6 Å². The molecule has 8 heteroatoms. The molecule has 0 bridgehead atoms. The summed E-state index contributed by atoms with van der Waals surface area (Å²) in [7, 11) is 0. The lowest BCUT2D eigenvalue weighted by Crippen LogP contribution is -2.22. The van der Waals surface area contributed by atoms with Crippen molar-refractivity contribution < 1.29 is 19.1 Å². The van der Waals surface area contributed by atoms with Crippen LogP contribution >= 0.6 is 24.8 Å². The average molecular weight is 445 g/mol. The molecule has 0 saturated heterocycles. The lowest BCUT2D eigenvalue weighted by atomic mass is 9.94. The van der Waals surface area contributed by atoms with Crippen LogP contribution in [0.25, 0.3) is 0 Å². The third-order valence-corrected chi connectivity index (χ3v) is 4.25. The van der Waals surface area contributed by atoms with Crippen LogP contribution in [0.15, 0.2) is 0 Å². The van der Waals surface area contributed by atoms with Crippen molar-refractivity contribution in [3.05, 3.63) is 0 Å². The van der Waals surface area contributed by atoms with Gasteiger partial charge >= 0.3 is 11.9 Å². The van der Waals surface area contributed by atoms with E-state index in [4.69, 9.17) is 20.9 Å². The van der Waals surface area contributed by atoms with Gasteiger partial charge in [0.2, 0.25) is 0 Å². The maximum Gasteiger partial charge on any atom is 0.306 e. The second-order valence-corrected chi connectivity index (χ2v) is 8.02. The van der Waals surface area contributed by atoms with E-state index in [0.717, 1.165) is 12.8 Å². The van der Waals surface area contributed by atoms with E-state index >= 15 is 0 Å². The fourth-order valence-electron chi connectivity index (χ4n) is 3.02. The van der Waals surface area contributed by atoms with Gasteiger partial charge in [0, 0.05) is 12.8 Å². The van der Waals surface area contributed by atoms with Gasteiger partial charge in [0.05, 0.1) is 13.2 Å². The largest absolute Gasteiger partial charge is 0.466 e. The van der Waals surface area contributed by atoms with Gasteiger partial charge in [0.25, 0.3) is 0 Å². The molecule has 28 heavy (non-hydrogen) atoms. The minimum Gasteiger partial charge on any atom is -0.466 e. The standard InChI is InChI=1S/C20H40N2O4.2ClH/c1-15(2)9-17(13-21)11-19(23)25-7-5-6-8-26-20(24)12-18(14-22)10-16(3)4;;/h15-18H,5-14,21-22H2,1-4H3;2*1H/t17-,18+;;. The molecule has 0 aliphatic rings. The number of unbranched alkanes of at least 4 members (excludes halogenated alkanes) is 1. The lowest BCUT2D eigenvalue weighted by molar-refractivity contribution is -0.147. The molecule has 0 spiro atoms. The second kappa shape index (κ2) is 19.7. The summed E-state index contributed by atoms with van der Waals surface area (Å²) in [5, 5.41) is 0. The number of carbonyl (C=O) groups is 2. The minimum absolute atomic E-state index is 0. The fourth-order valence-corrected chi connectivity index (χ4v) is 3.02. The van der Waals surface area contributed by atoms with E-state index in [0.29, 0.717) is 63.8 Å². The summed E-state index contributed by atoms with van der Waals surface area (Å²) in [6.45, 7) is 10.2. The third-order valence-electron chi connectivity index (χ3n) is 4.25. The minimum atomic E-state index is -0.197. The molecule has 0 radical (unpaired) electrons. The maximum absolute atomic E-state index is 11.8. The molecule has 6 nitrogen and oxygen atoms in total. The van der Waals surface area contributed by atoms with Gasteiger partial charge < -0.3 is 20.9 Å². The number of nitrogens with two attached hydrogens (primary N) is 2. The smallest absolute Gasteiger partial charge is 0.306 e. The normalized spacial score (nSPS) is 12.7. The highest BCUT2D eigenvalue weighted by atomic mass is 35.5. The van der Waals surface area contributed by atoms with Crippen molar-refractivity contribution in [2.24, 2.45) is 35.1 Å². The maximum atomic E-state index is 11.8. The molecule has 4 N–H and O–H groups in total. The number of esters is 2. The van der Waals surface area contributed by atoms with Gasteiger partial charge in [-0.2, -0.15) is 0 Å². The Morgan fingerprint density at radius 3 is 1.29 bits per heavy atom. The predicted molar refractivity (Wildman–Crippen MR) is 119 cm³/mol. The summed E-state index contributed by atoms with van der Waals surface area (Å²) in [5.41, 5.74) is 11.4. The number of hydrogen-bond donors (Lipinski definition) is 2. The van der Waals surface area contributed by atoms with Crippen LogP contribution < -0.4 is 11.5 Å². The Hall–Kier alpha value is -0.560. The topological polar surface area (TPSA) is 105 Å². The van der Waals surface area contributed by atoms with Gasteiger partial charge in [0.1, 0.15) is 0 Å². The van der Waals surface area contributed by atoms with Gasteiger partial charge in [-0.25, -0.2) is 0 Å². The number of carbonyl (C=O) groups excluding carboxylic acids is 2. The first-order valence-corrected chi connectivity index (χ1v) is 9.99. The Morgan fingerprint density at radius 2 is 1.04 bits per heavy atom. The quantitative estimate of drug-likeness (QED) is 0.294. The van der Waals surface area contributed by atoms with E-state index < -0.39 is 0 Å². The molecule has 0 rings (SSSR count). The molecule has 0 aromatic heterocycles. The molecule has 2 atom stereocenters. The van der Waals surface area contributed by atoms with E-state index in [2.05, 4.69) is 27.7 Å².